The van der Waals surface area contributed by atoms with Crippen LogP contribution in [0.1, 0.15) is 23.3 Å². The molecule has 1 aliphatic heterocycles. The average molecular weight is 237 g/mol. The van der Waals surface area contributed by atoms with E-state index in [1.807, 2.05) is 0 Å². The first-order valence-electron chi connectivity index (χ1n) is 5.55. The van der Waals surface area contributed by atoms with Gasteiger partial charge in [-0.25, -0.2) is 4.98 Å². The molecule has 6 nitrogen and oxygen atoms in total. The van der Waals surface area contributed by atoms with Gasteiger partial charge in [0.2, 0.25) is 0 Å². The van der Waals surface area contributed by atoms with Crippen molar-refractivity contribution in [2.24, 2.45) is 13.0 Å². The highest BCUT2D eigenvalue weighted by atomic mass is 16.4. The molecule has 2 rings (SSSR count). The predicted octanol–water partition coefficient (Wildman–Crippen LogP) is 0.357. The largest absolute Gasteiger partial charge is 0.481 e. The van der Waals surface area contributed by atoms with E-state index in [2.05, 4.69) is 4.98 Å². The van der Waals surface area contributed by atoms with Gasteiger partial charge in [0.1, 0.15) is 5.69 Å². The van der Waals surface area contributed by atoms with Crippen molar-refractivity contribution in [3.63, 3.8) is 0 Å². The highest BCUT2D eigenvalue weighted by Gasteiger charge is 2.29. The molecule has 17 heavy (non-hydrogen) atoms. The molecule has 1 atom stereocenters. The third-order valence-corrected chi connectivity index (χ3v) is 3.07. The number of amides is 1. The van der Waals surface area contributed by atoms with Crippen molar-refractivity contribution >= 4 is 11.9 Å². The van der Waals surface area contributed by atoms with Crippen LogP contribution >= 0.6 is 0 Å². The van der Waals surface area contributed by atoms with Crippen molar-refractivity contribution in [1.29, 1.82) is 0 Å². The Labute approximate surface area is 98.9 Å². The lowest BCUT2D eigenvalue weighted by Crippen LogP contribution is -2.30. The monoisotopic (exact) mass is 237 g/mol. The van der Waals surface area contributed by atoms with Crippen molar-refractivity contribution in [3.05, 3.63) is 18.2 Å². The van der Waals surface area contributed by atoms with Crippen LogP contribution in [0.5, 0.6) is 0 Å². The summed E-state index contributed by atoms with van der Waals surface area (Å²) in [4.78, 5) is 28.3. The average Bonchev–Trinajstić information content (AvgIpc) is 2.85. The lowest BCUT2D eigenvalue weighted by atomic mass is 10.1. The van der Waals surface area contributed by atoms with Crippen LogP contribution in [0.2, 0.25) is 0 Å². The molecule has 0 aliphatic carbocycles. The van der Waals surface area contributed by atoms with Crippen molar-refractivity contribution in [2.45, 2.75) is 12.8 Å². The van der Waals surface area contributed by atoms with E-state index in [1.165, 1.54) is 6.20 Å². The van der Waals surface area contributed by atoms with Gasteiger partial charge in [-0.3, -0.25) is 9.59 Å². The molecule has 92 valence electrons. The number of likely N-dealkylation sites (tertiary alicyclic amines) is 1. The highest BCUT2D eigenvalue weighted by Crippen LogP contribution is 2.21. The smallest absolute Gasteiger partial charge is 0.303 e. The molecule has 0 saturated carbocycles. The second-order valence-electron chi connectivity index (χ2n) is 4.39. The lowest BCUT2D eigenvalue weighted by molar-refractivity contribution is -0.138. The summed E-state index contributed by atoms with van der Waals surface area (Å²) in [7, 11) is 1.77. The summed E-state index contributed by atoms with van der Waals surface area (Å²) < 4.78 is 1.67. The SMILES string of the molecule is Cn1cncc1C(=O)N1CCC(CC(=O)O)C1. The van der Waals surface area contributed by atoms with Crippen molar-refractivity contribution in [2.75, 3.05) is 13.1 Å². The van der Waals surface area contributed by atoms with Crippen LogP contribution < -0.4 is 0 Å². The van der Waals surface area contributed by atoms with Gasteiger partial charge in [-0.15, -0.1) is 0 Å². The molecular formula is C11H15N3O3. The number of aromatic nitrogens is 2. The first-order chi connectivity index (χ1) is 8.08. The maximum Gasteiger partial charge on any atom is 0.303 e. The maximum absolute atomic E-state index is 12.1. The minimum atomic E-state index is -0.801. The fourth-order valence-corrected chi connectivity index (χ4v) is 2.16. The molecule has 1 N–H and O–H groups in total. The van der Waals surface area contributed by atoms with E-state index in [4.69, 9.17) is 5.11 Å². The van der Waals surface area contributed by atoms with Gasteiger partial charge < -0.3 is 14.6 Å². The van der Waals surface area contributed by atoms with Gasteiger partial charge in [0.25, 0.3) is 5.91 Å². The van der Waals surface area contributed by atoms with Crippen LogP contribution in [0, 0.1) is 5.92 Å². The minimum absolute atomic E-state index is 0.0714. The number of carboxylic acids is 1. The third-order valence-electron chi connectivity index (χ3n) is 3.07. The van der Waals surface area contributed by atoms with Crippen LogP contribution in [0.3, 0.4) is 0 Å². The van der Waals surface area contributed by atoms with Crippen LogP contribution in [-0.4, -0.2) is 44.5 Å². The number of aryl methyl sites for hydroxylation is 1. The van der Waals surface area contributed by atoms with E-state index in [1.54, 1.807) is 22.8 Å². The molecule has 0 bridgehead atoms. The minimum Gasteiger partial charge on any atom is -0.481 e. The topological polar surface area (TPSA) is 75.4 Å². The quantitative estimate of drug-likeness (QED) is 0.823. The van der Waals surface area contributed by atoms with E-state index in [-0.39, 0.29) is 18.2 Å². The molecule has 2 heterocycles. The number of carbonyl (C=O) groups excluding carboxylic acids is 1. The molecule has 1 saturated heterocycles. The zero-order chi connectivity index (χ0) is 12.4. The number of rotatable bonds is 3. The molecule has 1 fully saturated rings. The van der Waals surface area contributed by atoms with E-state index in [9.17, 15) is 9.59 Å². The summed E-state index contributed by atoms with van der Waals surface area (Å²) >= 11 is 0. The second kappa shape index (κ2) is 4.57. The standard InChI is InChI=1S/C11H15N3O3/c1-13-7-12-5-9(13)11(17)14-3-2-8(6-14)4-10(15)16/h5,7-8H,2-4,6H2,1H3,(H,15,16). The Morgan fingerprint density at radius 3 is 2.94 bits per heavy atom. The summed E-state index contributed by atoms with van der Waals surface area (Å²) in [5.41, 5.74) is 0.543. The Morgan fingerprint density at radius 2 is 2.35 bits per heavy atom. The number of carbonyl (C=O) groups is 2. The number of nitrogens with zero attached hydrogens (tertiary/aromatic N) is 3. The molecule has 6 heteroatoms. The van der Waals surface area contributed by atoms with E-state index < -0.39 is 5.97 Å². The fraction of sp³-hybridized carbons (Fsp3) is 0.545. The van der Waals surface area contributed by atoms with Crippen molar-refractivity contribution < 1.29 is 14.7 Å². The molecule has 0 radical (unpaired) electrons. The lowest BCUT2D eigenvalue weighted by Gasteiger charge is -2.16. The number of imidazole rings is 1. The van der Waals surface area contributed by atoms with Gasteiger partial charge >= 0.3 is 5.97 Å². The highest BCUT2D eigenvalue weighted by molar-refractivity contribution is 5.92. The Kier molecular flexibility index (Phi) is 3.12. The van der Waals surface area contributed by atoms with Gasteiger partial charge in [-0.2, -0.15) is 0 Å². The molecular weight excluding hydrogens is 222 g/mol. The van der Waals surface area contributed by atoms with E-state index >= 15 is 0 Å². The Hall–Kier alpha value is -1.85. The van der Waals surface area contributed by atoms with Gasteiger partial charge in [0.15, 0.2) is 0 Å². The van der Waals surface area contributed by atoms with Gasteiger partial charge in [-0.05, 0) is 12.3 Å². The summed E-state index contributed by atoms with van der Waals surface area (Å²) in [6, 6.07) is 0. The Morgan fingerprint density at radius 1 is 1.59 bits per heavy atom. The number of aliphatic carboxylic acids is 1. The van der Waals surface area contributed by atoms with Crippen molar-refractivity contribution in [1.82, 2.24) is 14.5 Å². The van der Waals surface area contributed by atoms with Gasteiger partial charge in [-0.1, -0.05) is 0 Å². The summed E-state index contributed by atoms with van der Waals surface area (Å²) in [5, 5.41) is 8.71. The van der Waals surface area contributed by atoms with Crippen LogP contribution in [0.25, 0.3) is 0 Å². The van der Waals surface area contributed by atoms with Crippen molar-refractivity contribution in [3.8, 4) is 0 Å². The molecule has 0 spiro atoms. The molecule has 1 aliphatic rings. The summed E-state index contributed by atoms with van der Waals surface area (Å²) in [6.45, 7) is 1.15. The number of hydrogen-bond acceptors (Lipinski definition) is 3. The zero-order valence-electron chi connectivity index (χ0n) is 9.67. The zero-order valence-corrected chi connectivity index (χ0v) is 9.67. The third kappa shape index (κ3) is 2.46. The number of hydrogen-bond donors (Lipinski definition) is 1. The Balaban J connectivity index is 1.99. The van der Waals surface area contributed by atoms with Gasteiger partial charge in [0.05, 0.1) is 12.5 Å². The predicted molar refractivity (Wildman–Crippen MR) is 59.5 cm³/mol. The first-order valence-corrected chi connectivity index (χ1v) is 5.55. The molecule has 1 aromatic heterocycles. The van der Waals surface area contributed by atoms with Crippen LogP contribution in [0.4, 0.5) is 0 Å². The number of carboxylic acid groups (broad SMARTS) is 1. The van der Waals surface area contributed by atoms with Crippen LogP contribution in [0.15, 0.2) is 12.5 Å². The second-order valence-corrected chi connectivity index (χ2v) is 4.39. The normalized spacial score (nSPS) is 19.6. The molecule has 1 aromatic rings. The maximum atomic E-state index is 12.1. The molecule has 0 aromatic carbocycles. The van der Waals surface area contributed by atoms with E-state index in [0.717, 1.165) is 6.42 Å². The molecule has 1 unspecified atom stereocenters. The van der Waals surface area contributed by atoms with Gasteiger partial charge in [0, 0.05) is 26.6 Å². The Bertz CT molecular complexity index is 441. The van der Waals surface area contributed by atoms with Crippen LogP contribution in [-0.2, 0) is 11.8 Å². The first kappa shape index (κ1) is 11.6. The summed E-state index contributed by atoms with van der Waals surface area (Å²) in [5.74, 6) is -0.799. The summed E-state index contributed by atoms with van der Waals surface area (Å²) in [6.07, 6.45) is 4.01. The van der Waals surface area contributed by atoms with E-state index in [0.29, 0.717) is 18.8 Å². The fourth-order valence-electron chi connectivity index (χ4n) is 2.16. The molecule has 1 amide bonds.